The Morgan fingerprint density at radius 2 is 2.14 bits per heavy atom. The molecule has 0 spiro atoms. The topological polar surface area (TPSA) is 76.8 Å². The molecule has 5 nitrogen and oxygen atoms in total. The van der Waals surface area contributed by atoms with Gasteiger partial charge in [-0.1, -0.05) is 24.3 Å². The van der Waals surface area contributed by atoms with E-state index in [2.05, 4.69) is 45.5 Å². The lowest BCUT2D eigenvalue weighted by atomic mass is 10.0. The summed E-state index contributed by atoms with van der Waals surface area (Å²) in [4.78, 5) is 4.47. The van der Waals surface area contributed by atoms with Gasteiger partial charge in [-0.05, 0) is 35.0 Å². The van der Waals surface area contributed by atoms with Crippen molar-refractivity contribution >= 4 is 10.8 Å². The summed E-state index contributed by atoms with van der Waals surface area (Å²) < 4.78 is 5.31. The Morgan fingerprint density at radius 1 is 1.24 bits per heavy atom. The van der Waals surface area contributed by atoms with E-state index in [1.165, 1.54) is 16.3 Å². The molecule has 0 saturated carbocycles. The fourth-order valence-corrected chi connectivity index (χ4v) is 2.43. The number of H-pyrrole nitrogens is 1. The Balaban J connectivity index is 1.95. The quantitative estimate of drug-likeness (QED) is 0.751. The van der Waals surface area contributed by atoms with Gasteiger partial charge in [-0.25, -0.2) is 4.98 Å². The van der Waals surface area contributed by atoms with E-state index in [-0.39, 0.29) is 0 Å². The molecule has 0 bridgehead atoms. The monoisotopic (exact) mass is 282 g/mol. The third kappa shape index (κ3) is 2.87. The van der Waals surface area contributed by atoms with Crippen molar-refractivity contribution in [1.29, 1.82) is 0 Å². The minimum atomic E-state index is 0.558. The van der Waals surface area contributed by atoms with Crippen molar-refractivity contribution in [3.8, 4) is 5.75 Å². The van der Waals surface area contributed by atoms with Gasteiger partial charge in [-0.3, -0.25) is 5.10 Å². The molecule has 0 amide bonds. The SMILES string of the molecule is COc1ccc2cccc(Cc3nc(CCN)n[nH]3)c2c1. The first-order valence-electron chi connectivity index (χ1n) is 6.96. The number of aromatic nitrogens is 3. The fraction of sp³-hybridized carbons (Fsp3) is 0.250. The number of nitrogens with one attached hydrogen (secondary N) is 1. The van der Waals surface area contributed by atoms with Crippen molar-refractivity contribution < 1.29 is 4.74 Å². The van der Waals surface area contributed by atoms with Crippen LogP contribution in [-0.4, -0.2) is 28.8 Å². The van der Waals surface area contributed by atoms with Crippen LogP contribution < -0.4 is 10.5 Å². The summed E-state index contributed by atoms with van der Waals surface area (Å²) in [7, 11) is 1.68. The van der Waals surface area contributed by atoms with Crippen LogP contribution >= 0.6 is 0 Å². The van der Waals surface area contributed by atoms with Gasteiger partial charge in [0, 0.05) is 12.8 Å². The molecule has 108 valence electrons. The van der Waals surface area contributed by atoms with E-state index in [1.807, 2.05) is 6.07 Å². The van der Waals surface area contributed by atoms with Crippen LogP contribution in [0.25, 0.3) is 10.8 Å². The smallest absolute Gasteiger partial charge is 0.151 e. The van der Waals surface area contributed by atoms with Crippen LogP contribution in [0.2, 0.25) is 0 Å². The maximum atomic E-state index is 5.52. The van der Waals surface area contributed by atoms with Gasteiger partial charge in [-0.2, -0.15) is 5.10 Å². The highest BCUT2D eigenvalue weighted by Gasteiger charge is 2.07. The number of nitrogens with two attached hydrogens (primary N) is 1. The molecule has 1 aromatic heterocycles. The van der Waals surface area contributed by atoms with E-state index in [1.54, 1.807) is 7.11 Å². The highest BCUT2D eigenvalue weighted by Crippen LogP contribution is 2.25. The van der Waals surface area contributed by atoms with Crippen LogP contribution in [0.5, 0.6) is 5.75 Å². The molecular formula is C16H18N4O. The van der Waals surface area contributed by atoms with Gasteiger partial charge in [0.25, 0.3) is 0 Å². The fourth-order valence-electron chi connectivity index (χ4n) is 2.43. The minimum Gasteiger partial charge on any atom is -0.497 e. The summed E-state index contributed by atoms with van der Waals surface area (Å²) in [5.74, 6) is 2.48. The first kappa shape index (κ1) is 13.6. The molecule has 2 aromatic carbocycles. The van der Waals surface area contributed by atoms with Crippen molar-refractivity contribution in [1.82, 2.24) is 15.2 Å². The van der Waals surface area contributed by atoms with Crippen LogP contribution in [0.15, 0.2) is 36.4 Å². The first-order chi connectivity index (χ1) is 10.3. The van der Waals surface area contributed by atoms with Crippen molar-refractivity contribution in [2.45, 2.75) is 12.8 Å². The van der Waals surface area contributed by atoms with E-state index < -0.39 is 0 Å². The molecule has 0 aliphatic rings. The molecule has 21 heavy (non-hydrogen) atoms. The molecule has 3 N–H and O–H groups in total. The Bertz CT molecular complexity index is 751. The first-order valence-corrected chi connectivity index (χ1v) is 6.96. The average molecular weight is 282 g/mol. The van der Waals surface area contributed by atoms with Crippen molar-refractivity contribution in [3.05, 3.63) is 53.6 Å². The molecule has 0 atom stereocenters. The Hall–Kier alpha value is -2.40. The molecule has 5 heteroatoms. The third-order valence-corrected chi connectivity index (χ3v) is 3.48. The molecule has 3 rings (SSSR count). The van der Waals surface area contributed by atoms with Crippen LogP contribution in [0.1, 0.15) is 17.2 Å². The number of benzene rings is 2. The zero-order chi connectivity index (χ0) is 14.7. The number of aromatic amines is 1. The molecule has 0 aliphatic carbocycles. The second-order valence-corrected chi connectivity index (χ2v) is 4.92. The van der Waals surface area contributed by atoms with Gasteiger partial charge in [0.05, 0.1) is 7.11 Å². The van der Waals surface area contributed by atoms with E-state index >= 15 is 0 Å². The standard InChI is InChI=1S/C16H18N4O/c1-21-13-6-5-11-3-2-4-12(14(11)10-13)9-16-18-15(7-8-17)19-20-16/h2-6,10H,7-9,17H2,1H3,(H,18,19,20). The van der Waals surface area contributed by atoms with Crippen LogP contribution in [0.4, 0.5) is 0 Å². The summed E-state index contributed by atoms with van der Waals surface area (Å²) in [6.45, 7) is 0.558. The van der Waals surface area contributed by atoms with Crippen LogP contribution in [0.3, 0.4) is 0 Å². The highest BCUT2D eigenvalue weighted by atomic mass is 16.5. The van der Waals surface area contributed by atoms with Gasteiger partial charge in [-0.15, -0.1) is 0 Å². The van der Waals surface area contributed by atoms with Gasteiger partial charge < -0.3 is 10.5 Å². The number of ether oxygens (including phenoxy) is 1. The molecule has 3 aromatic rings. The largest absolute Gasteiger partial charge is 0.497 e. The number of methoxy groups -OCH3 is 1. The van der Waals surface area contributed by atoms with Crippen molar-refractivity contribution in [2.75, 3.05) is 13.7 Å². The maximum Gasteiger partial charge on any atom is 0.151 e. The average Bonchev–Trinajstić information content (AvgIpc) is 2.95. The maximum absolute atomic E-state index is 5.52. The number of nitrogens with zero attached hydrogens (tertiary/aromatic N) is 2. The summed E-state index contributed by atoms with van der Waals surface area (Å²) in [5, 5.41) is 9.52. The summed E-state index contributed by atoms with van der Waals surface area (Å²) in [5.41, 5.74) is 6.72. The van der Waals surface area contributed by atoms with Gasteiger partial charge in [0.2, 0.25) is 0 Å². The lowest BCUT2D eigenvalue weighted by molar-refractivity contribution is 0.415. The zero-order valence-corrected chi connectivity index (χ0v) is 12.0. The molecule has 0 radical (unpaired) electrons. The number of fused-ring (bicyclic) bond motifs is 1. The third-order valence-electron chi connectivity index (χ3n) is 3.48. The zero-order valence-electron chi connectivity index (χ0n) is 12.0. The molecule has 0 unspecified atom stereocenters. The number of hydrogen-bond donors (Lipinski definition) is 2. The normalized spacial score (nSPS) is 11.0. The highest BCUT2D eigenvalue weighted by molar-refractivity contribution is 5.87. The summed E-state index contributed by atoms with van der Waals surface area (Å²) in [6.07, 6.45) is 1.40. The molecular weight excluding hydrogens is 264 g/mol. The number of hydrogen-bond acceptors (Lipinski definition) is 4. The van der Waals surface area contributed by atoms with Crippen molar-refractivity contribution in [2.24, 2.45) is 5.73 Å². The van der Waals surface area contributed by atoms with Crippen molar-refractivity contribution in [3.63, 3.8) is 0 Å². The summed E-state index contributed by atoms with van der Waals surface area (Å²) in [6, 6.07) is 12.4. The predicted molar refractivity (Wildman–Crippen MR) is 82.4 cm³/mol. The van der Waals surface area contributed by atoms with Crippen LogP contribution in [-0.2, 0) is 12.8 Å². The van der Waals surface area contributed by atoms with Crippen LogP contribution in [0, 0.1) is 0 Å². The molecule has 0 aliphatic heterocycles. The van der Waals surface area contributed by atoms with E-state index in [4.69, 9.17) is 10.5 Å². The predicted octanol–water partition coefficient (Wildman–Crippen LogP) is 2.06. The lowest BCUT2D eigenvalue weighted by Gasteiger charge is -2.07. The van der Waals surface area contributed by atoms with E-state index in [0.717, 1.165) is 17.4 Å². The second-order valence-electron chi connectivity index (χ2n) is 4.92. The Morgan fingerprint density at radius 3 is 2.95 bits per heavy atom. The minimum absolute atomic E-state index is 0.558. The van der Waals surface area contributed by atoms with Gasteiger partial charge in [0.15, 0.2) is 5.82 Å². The summed E-state index contributed by atoms with van der Waals surface area (Å²) >= 11 is 0. The second kappa shape index (κ2) is 5.93. The van der Waals surface area contributed by atoms with Gasteiger partial charge >= 0.3 is 0 Å². The Kier molecular flexibility index (Phi) is 3.83. The molecule has 0 fully saturated rings. The molecule has 1 heterocycles. The van der Waals surface area contributed by atoms with Gasteiger partial charge in [0.1, 0.15) is 11.6 Å². The Labute approximate surface area is 123 Å². The van der Waals surface area contributed by atoms with E-state index in [9.17, 15) is 0 Å². The van der Waals surface area contributed by atoms with E-state index in [0.29, 0.717) is 19.4 Å². The number of rotatable bonds is 5. The lowest BCUT2D eigenvalue weighted by Crippen LogP contribution is -2.04. The molecule has 0 saturated heterocycles.